The van der Waals surface area contributed by atoms with Crippen LogP contribution in [0.1, 0.15) is 32.3 Å². The Morgan fingerprint density at radius 3 is 2.08 bits per heavy atom. The first kappa shape index (κ1) is 18.3. The maximum atomic E-state index is 12.8. The minimum atomic E-state index is -0.519. The van der Waals surface area contributed by atoms with E-state index in [-0.39, 0.29) is 17.1 Å². The van der Waals surface area contributed by atoms with Crippen LogP contribution in [0.5, 0.6) is 0 Å². The van der Waals surface area contributed by atoms with E-state index in [9.17, 15) is 4.79 Å². The van der Waals surface area contributed by atoms with Gasteiger partial charge in [-0.05, 0) is 38.5 Å². The SMILES string of the molecule is C=C[C@@H](c1ccccc1)[C@H](Sc1ccccc1)C(=O)OC(C)(C)C. The fraction of sp³-hybridized carbons (Fsp3) is 0.286. The van der Waals surface area contributed by atoms with Crippen molar-refractivity contribution in [2.24, 2.45) is 0 Å². The van der Waals surface area contributed by atoms with Crippen LogP contribution in [0.3, 0.4) is 0 Å². The Morgan fingerprint density at radius 2 is 1.58 bits per heavy atom. The van der Waals surface area contributed by atoms with Gasteiger partial charge in [-0.25, -0.2) is 0 Å². The van der Waals surface area contributed by atoms with Gasteiger partial charge in [-0.1, -0.05) is 54.6 Å². The molecular formula is C21H24O2S. The Morgan fingerprint density at radius 1 is 1.04 bits per heavy atom. The van der Waals surface area contributed by atoms with Crippen molar-refractivity contribution in [3.8, 4) is 0 Å². The van der Waals surface area contributed by atoms with E-state index in [0.717, 1.165) is 10.5 Å². The topological polar surface area (TPSA) is 26.3 Å². The van der Waals surface area contributed by atoms with Gasteiger partial charge in [-0.15, -0.1) is 18.3 Å². The molecule has 0 aromatic heterocycles. The predicted octanol–water partition coefficient (Wildman–Crippen LogP) is 5.46. The lowest BCUT2D eigenvalue weighted by atomic mass is 9.95. The number of carbonyl (C=O) groups is 1. The summed E-state index contributed by atoms with van der Waals surface area (Å²) in [5.41, 5.74) is 0.543. The van der Waals surface area contributed by atoms with Crippen LogP contribution in [-0.4, -0.2) is 16.8 Å². The molecule has 0 heterocycles. The van der Waals surface area contributed by atoms with E-state index in [2.05, 4.69) is 6.58 Å². The standard InChI is InChI=1S/C21H24O2S/c1-5-18(16-12-8-6-9-13-16)19(20(22)23-21(2,3)4)24-17-14-10-7-11-15-17/h5-15,18-19H,1H2,2-4H3/t18-,19-/m0/s1. The molecule has 2 aromatic rings. The molecule has 0 aliphatic rings. The molecule has 24 heavy (non-hydrogen) atoms. The van der Waals surface area contributed by atoms with Crippen molar-refractivity contribution in [3.63, 3.8) is 0 Å². The van der Waals surface area contributed by atoms with Gasteiger partial charge in [0.15, 0.2) is 0 Å². The van der Waals surface area contributed by atoms with E-state index in [1.54, 1.807) is 0 Å². The first-order valence-electron chi connectivity index (χ1n) is 8.03. The van der Waals surface area contributed by atoms with E-state index in [1.165, 1.54) is 11.8 Å². The zero-order chi connectivity index (χ0) is 17.6. The molecule has 0 aliphatic carbocycles. The second-order valence-electron chi connectivity index (χ2n) is 6.56. The normalized spacial score (nSPS) is 13.8. The minimum absolute atomic E-state index is 0.119. The minimum Gasteiger partial charge on any atom is -0.459 e. The average molecular weight is 340 g/mol. The number of hydrogen-bond donors (Lipinski definition) is 0. The van der Waals surface area contributed by atoms with Gasteiger partial charge in [0.25, 0.3) is 0 Å². The summed E-state index contributed by atoms with van der Waals surface area (Å²) >= 11 is 1.52. The van der Waals surface area contributed by atoms with Crippen LogP contribution in [-0.2, 0) is 9.53 Å². The van der Waals surface area contributed by atoms with Crippen molar-refractivity contribution in [3.05, 3.63) is 78.9 Å². The molecule has 0 saturated carbocycles. The number of benzene rings is 2. The molecule has 0 bridgehead atoms. The molecule has 2 nitrogen and oxygen atoms in total. The van der Waals surface area contributed by atoms with Crippen molar-refractivity contribution in [1.82, 2.24) is 0 Å². The second-order valence-corrected chi connectivity index (χ2v) is 7.77. The van der Waals surface area contributed by atoms with E-state index in [4.69, 9.17) is 4.74 Å². The summed E-state index contributed by atoms with van der Waals surface area (Å²) in [6.07, 6.45) is 1.83. The predicted molar refractivity (Wildman–Crippen MR) is 101 cm³/mol. The smallest absolute Gasteiger partial charge is 0.320 e. The third kappa shape index (κ3) is 5.27. The number of hydrogen-bond acceptors (Lipinski definition) is 3. The Hall–Kier alpha value is -2.00. The zero-order valence-electron chi connectivity index (χ0n) is 14.4. The van der Waals surface area contributed by atoms with E-state index < -0.39 is 5.60 Å². The number of esters is 1. The highest BCUT2D eigenvalue weighted by Crippen LogP contribution is 2.36. The van der Waals surface area contributed by atoms with Crippen LogP contribution in [0.15, 0.2) is 78.2 Å². The molecule has 0 N–H and O–H groups in total. The van der Waals surface area contributed by atoms with Gasteiger partial charge in [-0.3, -0.25) is 4.79 Å². The van der Waals surface area contributed by atoms with E-state index in [0.29, 0.717) is 0 Å². The van der Waals surface area contributed by atoms with Crippen LogP contribution in [0, 0.1) is 0 Å². The van der Waals surface area contributed by atoms with Crippen LogP contribution in [0.25, 0.3) is 0 Å². The van der Waals surface area contributed by atoms with Gasteiger partial charge in [-0.2, -0.15) is 0 Å². The number of thioether (sulfide) groups is 1. The summed E-state index contributed by atoms with van der Waals surface area (Å²) in [6, 6.07) is 19.9. The summed E-state index contributed by atoms with van der Waals surface area (Å²) in [5.74, 6) is -0.337. The monoisotopic (exact) mass is 340 g/mol. The second kappa shape index (κ2) is 8.20. The van der Waals surface area contributed by atoms with Gasteiger partial charge in [0, 0.05) is 10.8 Å². The molecule has 0 spiro atoms. The van der Waals surface area contributed by atoms with Gasteiger partial charge in [0.05, 0.1) is 0 Å². The summed E-state index contributed by atoms with van der Waals surface area (Å²) in [7, 11) is 0. The molecule has 0 amide bonds. The molecule has 2 rings (SSSR count). The Kier molecular flexibility index (Phi) is 6.27. The molecule has 2 aromatic carbocycles. The first-order chi connectivity index (χ1) is 11.4. The highest BCUT2D eigenvalue weighted by molar-refractivity contribution is 8.00. The van der Waals surface area contributed by atoms with Gasteiger partial charge < -0.3 is 4.74 Å². The molecule has 126 valence electrons. The molecule has 0 unspecified atom stereocenters. The number of allylic oxidation sites excluding steroid dienone is 1. The van der Waals surface area contributed by atoms with Gasteiger partial charge in [0.2, 0.25) is 0 Å². The Labute approximate surface area is 148 Å². The van der Waals surface area contributed by atoms with Crippen molar-refractivity contribution in [2.45, 2.75) is 42.4 Å². The van der Waals surface area contributed by atoms with Gasteiger partial charge in [0.1, 0.15) is 10.9 Å². The highest BCUT2D eigenvalue weighted by atomic mass is 32.2. The van der Waals surface area contributed by atoms with Gasteiger partial charge >= 0.3 is 5.97 Å². The number of rotatable bonds is 6. The molecule has 0 saturated heterocycles. The zero-order valence-corrected chi connectivity index (χ0v) is 15.3. The first-order valence-corrected chi connectivity index (χ1v) is 8.91. The largest absolute Gasteiger partial charge is 0.459 e. The van der Waals surface area contributed by atoms with Crippen LogP contribution in [0.4, 0.5) is 0 Å². The quantitative estimate of drug-likeness (QED) is 0.397. The van der Waals surface area contributed by atoms with Crippen molar-refractivity contribution >= 4 is 17.7 Å². The lowest BCUT2D eigenvalue weighted by Gasteiger charge is -2.27. The summed E-state index contributed by atoms with van der Waals surface area (Å²) in [6.45, 7) is 9.63. The van der Waals surface area contributed by atoms with Crippen LogP contribution >= 0.6 is 11.8 Å². The Bertz CT molecular complexity index is 659. The molecule has 0 radical (unpaired) electrons. The number of carbonyl (C=O) groups excluding carboxylic acids is 1. The van der Waals surface area contributed by atoms with Crippen molar-refractivity contribution < 1.29 is 9.53 Å². The lowest BCUT2D eigenvalue weighted by Crippen LogP contribution is -2.33. The van der Waals surface area contributed by atoms with Crippen molar-refractivity contribution in [1.29, 1.82) is 0 Å². The highest BCUT2D eigenvalue weighted by Gasteiger charge is 2.32. The maximum Gasteiger partial charge on any atom is 0.320 e. The third-order valence-corrected chi connectivity index (χ3v) is 4.69. The van der Waals surface area contributed by atoms with E-state index in [1.807, 2.05) is 87.5 Å². The average Bonchev–Trinajstić information content (AvgIpc) is 2.55. The lowest BCUT2D eigenvalue weighted by molar-refractivity contribution is -0.154. The molecular weight excluding hydrogens is 316 g/mol. The fourth-order valence-corrected chi connectivity index (χ4v) is 3.55. The summed E-state index contributed by atoms with van der Waals surface area (Å²) in [4.78, 5) is 13.9. The summed E-state index contributed by atoms with van der Waals surface area (Å²) in [5, 5.41) is -0.383. The van der Waals surface area contributed by atoms with E-state index >= 15 is 0 Å². The molecule has 0 aliphatic heterocycles. The Balaban J connectivity index is 2.33. The van der Waals surface area contributed by atoms with Crippen molar-refractivity contribution in [2.75, 3.05) is 0 Å². The third-order valence-electron chi connectivity index (χ3n) is 3.41. The summed E-state index contributed by atoms with van der Waals surface area (Å²) < 4.78 is 5.67. The van der Waals surface area contributed by atoms with Crippen LogP contribution in [0.2, 0.25) is 0 Å². The fourth-order valence-electron chi connectivity index (χ4n) is 2.38. The maximum absolute atomic E-state index is 12.8. The molecule has 2 atom stereocenters. The number of ether oxygens (including phenoxy) is 1. The van der Waals surface area contributed by atoms with Crippen LogP contribution < -0.4 is 0 Å². The molecule has 0 fully saturated rings. The molecule has 3 heteroatoms.